The normalized spacial score (nSPS) is 19.8. The quantitative estimate of drug-likeness (QED) is 0.809. The van der Waals surface area contributed by atoms with E-state index in [1.54, 1.807) is 24.3 Å². The number of piperidine rings is 1. The first-order valence-corrected chi connectivity index (χ1v) is 11.6. The number of anilines is 1. The van der Waals surface area contributed by atoms with Crippen LogP contribution in [0.3, 0.4) is 0 Å². The minimum atomic E-state index is -3.27. The average Bonchev–Trinajstić information content (AvgIpc) is 3.01. The molecule has 1 N–H and O–H groups in total. The van der Waals surface area contributed by atoms with E-state index in [1.165, 1.54) is 4.31 Å². The molecule has 28 heavy (non-hydrogen) atoms. The van der Waals surface area contributed by atoms with Crippen LogP contribution in [0.1, 0.15) is 49.9 Å². The molecule has 2 aliphatic heterocycles. The van der Waals surface area contributed by atoms with Gasteiger partial charge in [-0.2, -0.15) is 0 Å². The van der Waals surface area contributed by atoms with E-state index in [0.29, 0.717) is 49.6 Å². The lowest BCUT2D eigenvalue weighted by Crippen LogP contribution is -2.46. The molecule has 2 fully saturated rings. The van der Waals surface area contributed by atoms with E-state index in [2.05, 4.69) is 5.32 Å². The molecule has 2 amide bonds. The molecule has 154 valence electrons. The molecule has 0 atom stereocenters. The van der Waals surface area contributed by atoms with Crippen molar-refractivity contribution in [2.45, 2.75) is 45.6 Å². The van der Waals surface area contributed by atoms with Crippen molar-refractivity contribution in [2.75, 3.05) is 29.7 Å². The third-order valence-corrected chi connectivity index (χ3v) is 7.13. The summed E-state index contributed by atoms with van der Waals surface area (Å²) in [6.45, 7) is 5.83. The van der Waals surface area contributed by atoms with E-state index >= 15 is 0 Å². The van der Waals surface area contributed by atoms with Gasteiger partial charge >= 0.3 is 0 Å². The summed E-state index contributed by atoms with van der Waals surface area (Å²) in [5.41, 5.74) is 0.997. The molecule has 0 bridgehead atoms. The summed E-state index contributed by atoms with van der Waals surface area (Å²) in [6, 6.07) is 6.79. The highest BCUT2D eigenvalue weighted by molar-refractivity contribution is 7.93. The third-order valence-electron chi connectivity index (χ3n) is 5.26. The van der Waals surface area contributed by atoms with Crippen molar-refractivity contribution < 1.29 is 18.0 Å². The summed E-state index contributed by atoms with van der Waals surface area (Å²) in [5, 5.41) is 3.03. The molecule has 1 aromatic rings. The zero-order valence-corrected chi connectivity index (χ0v) is 17.4. The van der Waals surface area contributed by atoms with Crippen LogP contribution in [0.2, 0.25) is 0 Å². The molecule has 0 saturated carbocycles. The van der Waals surface area contributed by atoms with Gasteiger partial charge in [-0.3, -0.25) is 13.9 Å². The van der Waals surface area contributed by atoms with Crippen LogP contribution in [0.5, 0.6) is 0 Å². The van der Waals surface area contributed by atoms with Gasteiger partial charge in [0, 0.05) is 37.7 Å². The second-order valence-corrected chi connectivity index (χ2v) is 10.0. The maximum absolute atomic E-state index is 12.6. The van der Waals surface area contributed by atoms with Crippen molar-refractivity contribution in [3.63, 3.8) is 0 Å². The first-order chi connectivity index (χ1) is 13.3. The maximum Gasteiger partial charge on any atom is 0.251 e. The Morgan fingerprint density at radius 3 is 2.50 bits per heavy atom. The van der Waals surface area contributed by atoms with Crippen molar-refractivity contribution in [3.8, 4) is 0 Å². The van der Waals surface area contributed by atoms with Crippen LogP contribution >= 0.6 is 0 Å². The van der Waals surface area contributed by atoms with E-state index in [0.717, 1.165) is 12.8 Å². The standard InChI is InChI=1S/C20H29N3O4S/c1-15(2)13-19(24)22-10-7-17(8-11-22)21-20(25)16-5-3-6-18(14-16)23-9-4-12-28(23,26)27/h3,5-6,14-15,17H,4,7-13H2,1-2H3,(H,21,25). The molecule has 2 heterocycles. The molecule has 2 saturated heterocycles. The number of hydrogen-bond acceptors (Lipinski definition) is 4. The Morgan fingerprint density at radius 2 is 1.89 bits per heavy atom. The first kappa shape index (κ1) is 20.6. The Bertz CT molecular complexity index is 830. The number of likely N-dealkylation sites (tertiary alicyclic amines) is 1. The smallest absolute Gasteiger partial charge is 0.251 e. The van der Waals surface area contributed by atoms with Gasteiger partial charge in [-0.25, -0.2) is 8.42 Å². The van der Waals surface area contributed by atoms with E-state index in [1.807, 2.05) is 18.7 Å². The van der Waals surface area contributed by atoms with Crippen molar-refractivity contribution in [1.29, 1.82) is 0 Å². The van der Waals surface area contributed by atoms with Crippen molar-refractivity contribution in [2.24, 2.45) is 5.92 Å². The molecule has 0 radical (unpaired) electrons. The van der Waals surface area contributed by atoms with Gasteiger partial charge in [-0.1, -0.05) is 19.9 Å². The van der Waals surface area contributed by atoms with E-state index < -0.39 is 10.0 Å². The second-order valence-electron chi connectivity index (χ2n) is 8.02. The van der Waals surface area contributed by atoms with Crippen LogP contribution in [0.4, 0.5) is 5.69 Å². The van der Waals surface area contributed by atoms with Crippen LogP contribution in [0.25, 0.3) is 0 Å². The molecular weight excluding hydrogens is 378 g/mol. The fourth-order valence-corrected chi connectivity index (χ4v) is 5.31. The number of carbonyl (C=O) groups excluding carboxylic acids is 2. The SMILES string of the molecule is CC(C)CC(=O)N1CCC(NC(=O)c2cccc(N3CCCS3(=O)=O)c2)CC1. The molecule has 1 aromatic carbocycles. The largest absolute Gasteiger partial charge is 0.349 e. The van der Waals surface area contributed by atoms with Crippen molar-refractivity contribution in [1.82, 2.24) is 10.2 Å². The fraction of sp³-hybridized carbons (Fsp3) is 0.600. The lowest BCUT2D eigenvalue weighted by atomic mass is 10.0. The number of sulfonamides is 1. The van der Waals surface area contributed by atoms with Crippen LogP contribution in [-0.4, -0.2) is 56.6 Å². The minimum absolute atomic E-state index is 0.0229. The molecule has 8 heteroatoms. The van der Waals surface area contributed by atoms with Gasteiger partial charge in [0.25, 0.3) is 5.91 Å². The molecule has 0 unspecified atom stereocenters. The average molecular weight is 408 g/mol. The highest BCUT2D eigenvalue weighted by Gasteiger charge is 2.29. The molecule has 0 spiro atoms. The Balaban J connectivity index is 1.57. The minimum Gasteiger partial charge on any atom is -0.349 e. The Labute approximate surface area is 167 Å². The molecule has 0 aliphatic carbocycles. The zero-order valence-electron chi connectivity index (χ0n) is 16.6. The van der Waals surface area contributed by atoms with E-state index in [-0.39, 0.29) is 23.6 Å². The summed E-state index contributed by atoms with van der Waals surface area (Å²) in [4.78, 5) is 26.7. The van der Waals surface area contributed by atoms with Gasteiger partial charge in [-0.05, 0) is 43.4 Å². The summed E-state index contributed by atoms with van der Waals surface area (Å²) in [6.07, 6.45) is 2.63. The van der Waals surface area contributed by atoms with Gasteiger partial charge < -0.3 is 10.2 Å². The van der Waals surface area contributed by atoms with E-state index in [9.17, 15) is 18.0 Å². The Hall–Kier alpha value is -2.09. The van der Waals surface area contributed by atoms with Gasteiger partial charge in [0.15, 0.2) is 0 Å². The van der Waals surface area contributed by atoms with Crippen molar-refractivity contribution >= 4 is 27.5 Å². The molecule has 2 aliphatic rings. The number of amides is 2. The van der Waals surface area contributed by atoms with Crippen LogP contribution < -0.4 is 9.62 Å². The Morgan fingerprint density at radius 1 is 1.18 bits per heavy atom. The number of nitrogens with one attached hydrogen (secondary N) is 1. The first-order valence-electron chi connectivity index (χ1n) is 9.95. The topological polar surface area (TPSA) is 86.8 Å². The van der Waals surface area contributed by atoms with Gasteiger partial charge in [0.2, 0.25) is 15.9 Å². The number of hydrogen-bond donors (Lipinski definition) is 1. The predicted octanol–water partition coefficient (Wildman–Crippen LogP) is 1.99. The monoisotopic (exact) mass is 407 g/mol. The number of nitrogens with zero attached hydrogens (tertiary/aromatic N) is 2. The van der Waals surface area contributed by atoms with Crippen LogP contribution in [-0.2, 0) is 14.8 Å². The maximum atomic E-state index is 12.6. The molecule has 0 aromatic heterocycles. The van der Waals surface area contributed by atoms with Crippen molar-refractivity contribution in [3.05, 3.63) is 29.8 Å². The number of benzene rings is 1. The summed E-state index contributed by atoms with van der Waals surface area (Å²) in [7, 11) is -3.27. The summed E-state index contributed by atoms with van der Waals surface area (Å²) in [5.74, 6) is 0.471. The molecule has 7 nitrogen and oxygen atoms in total. The molecule has 3 rings (SSSR count). The summed E-state index contributed by atoms with van der Waals surface area (Å²) >= 11 is 0. The highest BCUT2D eigenvalue weighted by Crippen LogP contribution is 2.25. The zero-order chi connectivity index (χ0) is 20.3. The highest BCUT2D eigenvalue weighted by atomic mass is 32.2. The lowest BCUT2D eigenvalue weighted by Gasteiger charge is -2.33. The second kappa shape index (κ2) is 8.51. The predicted molar refractivity (Wildman–Crippen MR) is 109 cm³/mol. The lowest BCUT2D eigenvalue weighted by molar-refractivity contribution is -0.133. The summed E-state index contributed by atoms with van der Waals surface area (Å²) < 4.78 is 25.6. The van der Waals surface area contributed by atoms with Gasteiger partial charge in [0.05, 0.1) is 11.4 Å². The Kier molecular flexibility index (Phi) is 6.27. The van der Waals surface area contributed by atoms with Crippen LogP contribution in [0, 0.1) is 5.92 Å². The third kappa shape index (κ3) is 4.84. The van der Waals surface area contributed by atoms with E-state index in [4.69, 9.17) is 0 Å². The number of rotatable bonds is 5. The van der Waals surface area contributed by atoms with Gasteiger partial charge in [0.1, 0.15) is 0 Å². The molecular formula is C20H29N3O4S. The van der Waals surface area contributed by atoms with Gasteiger partial charge in [-0.15, -0.1) is 0 Å². The van der Waals surface area contributed by atoms with Crippen LogP contribution in [0.15, 0.2) is 24.3 Å². The number of carbonyl (C=O) groups is 2. The fourth-order valence-electron chi connectivity index (χ4n) is 3.75.